The zero-order valence-corrected chi connectivity index (χ0v) is 8.51. The standard InChI is InChI=1S/C9H14N2OS/c1-6-4-12-3-2-7(6)8-5-13-9(10)11-8/h5-7H,2-4H2,1H3,(H2,10,11). The number of anilines is 1. The Balaban J connectivity index is 2.14. The number of hydrogen-bond donors (Lipinski definition) is 1. The lowest BCUT2D eigenvalue weighted by Gasteiger charge is -2.27. The van der Waals surface area contributed by atoms with E-state index in [1.54, 1.807) is 0 Å². The molecule has 2 heterocycles. The van der Waals surface area contributed by atoms with E-state index in [0.717, 1.165) is 25.3 Å². The van der Waals surface area contributed by atoms with Gasteiger partial charge in [0.15, 0.2) is 5.13 Å². The number of ether oxygens (including phenoxy) is 1. The van der Waals surface area contributed by atoms with Gasteiger partial charge < -0.3 is 10.5 Å². The highest BCUT2D eigenvalue weighted by atomic mass is 32.1. The van der Waals surface area contributed by atoms with E-state index < -0.39 is 0 Å². The molecule has 1 aliphatic heterocycles. The van der Waals surface area contributed by atoms with E-state index in [1.165, 1.54) is 11.3 Å². The summed E-state index contributed by atoms with van der Waals surface area (Å²) in [5.41, 5.74) is 6.76. The van der Waals surface area contributed by atoms with Crippen molar-refractivity contribution in [3.05, 3.63) is 11.1 Å². The Morgan fingerprint density at radius 2 is 2.54 bits per heavy atom. The Kier molecular flexibility index (Phi) is 2.51. The third-order valence-corrected chi connectivity index (χ3v) is 3.25. The lowest BCUT2D eigenvalue weighted by molar-refractivity contribution is 0.0465. The average molecular weight is 198 g/mol. The van der Waals surface area contributed by atoms with Gasteiger partial charge in [-0.1, -0.05) is 6.92 Å². The molecule has 2 N–H and O–H groups in total. The van der Waals surface area contributed by atoms with E-state index in [1.807, 2.05) is 0 Å². The van der Waals surface area contributed by atoms with Crippen molar-refractivity contribution in [3.8, 4) is 0 Å². The predicted octanol–water partition coefficient (Wildman–Crippen LogP) is 1.87. The van der Waals surface area contributed by atoms with Crippen LogP contribution in [0, 0.1) is 5.92 Å². The molecule has 0 spiro atoms. The van der Waals surface area contributed by atoms with Crippen LogP contribution in [0.2, 0.25) is 0 Å². The van der Waals surface area contributed by atoms with Crippen molar-refractivity contribution in [2.75, 3.05) is 18.9 Å². The summed E-state index contributed by atoms with van der Waals surface area (Å²) in [6, 6.07) is 0. The molecule has 4 heteroatoms. The van der Waals surface area contributed by atoms with Crippen molar-refractivity contribution in [3.63, 3.8) is 0 Å². The zero-order valence-electron chi connectivity index (χ0n) is 7.69. The van der Waals surface area contributed by atoms with E-state index in [9.17, 15) is 0 Å². The molecule has 2 rings (SSSR count). The Labute approximate surface area is 81.9 Å². The maximum absolute atomic E-state index is 5.61. The first-order valence-electron chi connectivity index (χ1n) is 4.56. The molecule has 1 aromatic heterocycles. The van der Waals surface area contributed by atoms with Gasteiger partial charge in [0, 0.05) is 24.5 Å². The van der Waals surface area contributed by atoms with Gasteiger partial charge in [0.1, 0.15) is 0 Å². The maximum Gasteiger partial charge on any atom is 0.180 e. The number of nitrogens with two attached hydrogens (primary N) is 1. The third kappa shape index (κ3) is 1.84. The first-order chi connectivity index (χ1) is 6.27. The molecule has 0 saturated carbocycles. The lowest BCUT2D eigenvalue weighted by Crippen LogP contribution is -2.23. The molecule has 1 saturated heterocycles. The fraction of sp³-hybridized carbons (Fsp3) is 0.667. The summed E-state index contributed by atoms with van der Waals surface area (Å²) in [6.45, 7) is 3.91. The topological polar surface area (TPSA) is 48.1 Å². The predicted molar refractivity (Wildman–Crippen MR) is 53.9 cm³/mol. The van der Waals surface area contributed by atoms with Crippen LogP contribution < -0.4 is 5.73 Å². The van der Waals surface area contributed by atoms with Crippen LogP contribution in [-0.2, 0) is 4.74 Å². The largest absolute Gasteiger partial charge is 0.381 e. The summed E-state index contributed by atoms with van der Waals surface area (Å²) in [6.07, 6.45) is 1.07. The molecule has 0 bridgehead atoms. The molecule has 2 atom stereocenters. The molecule has 72 valence electrons. The summed E-state index contributed by atoms with van der Waals surface area (Å²) in [5.74, 6) is 1.11. The molecule has 1 aliphatic rings. The number of thiazole rings is 1. The molecule has 3 nitrogen and oxygen atoms in total. The molecule has 1 fully saturated rings. The van der Waals surface area contributed by atoms with Gasteiger partial charge in [-0.2, -0.15) is 0 Å². The minimum atomic E-state index is 0.544. The van der Waals surface area contributed by atoms with Crippen molar-refractivity contribution in [2.24, 2.45) is 5.92 Å². The molecule has 0 radical (unpaired) electrons. The minimum absolute atomic E-state index is 0.544. The lowest BCUT2D eigenvalue weighted by atomic mass is 9.88. The van der Waals surface area contributed by atoms with Crippen LogP contribution in [0.1, 0.15) is 25.0 Å². The van der Waals surface area contributed by atoms with Crippen LogP contribution in [0.25, 0.3) is 0 Å². The van der Waals surface area contributed by atoms with Crippen LogP contribution in [-0.4, -0.2) is 18.2 Å². The van der Waals surface area contributed by atoms with Gasteiger partial charge in [0.05, 0.1) is 5.69 Å². The second-order valence-corrected chi connectivity index (χ2v) is 4.45. The second kappa shape index (κ2) is 3.64. The summed E-state index contributed by atoms with van der Waals surface area (Å²) in [5, 5.41) is 2.75. The van der Waals surface area contributed by atoms with E-state index in [0.29, 0.717) is 17.0 Å². The van der Waals surface area contributed by atoms with Gasteiger partial charge in [0.2, 0.25) is 0 Å². The number of nitrogen functional groups attached to an aromatic ring is 1. The summed E-state index contributed by atoms with van der Waals surface area (Å²) in [4.78, 5) is 4.33. The van der Waals surface area contributed by atoms with E-state index in [4.69, 9.17) is 10.5 Å². The molecule has 2 unspecified atom stereocenters. The van der Waals surface area contributed by atoms with Crippen molar-refractivity contribution in [1.82, 2.24) is 4.98 Å². The summed E-state index contributed by atoms with van der Waals surface area (Å²) >= 11 is 1.53. The molecule has 0 aromatic carbocycles. The fourth-order valence-electron chi connectivity index (χ4n) is 1.79. The molecule has 0 amide bonds. The van der Waals surface area contributed by atoms with Crippen molar-refractivity contribution in [1.29, 1.82) is 0 Å². The molecule has 1 aromatic rings. The van der Waals surface area contributed by atoms with Crippen LogP contribution in [0.3, 0.4) is 0 Å². The van der Waals surface area contributed by atoms with E-state index in [2.05, 4.69) is 17.3 Å². The van der Waals surface area contributed by atoms with E-state index in [-0.39, 0.29) is 0 Å². The highest BCUT2D eigenvalue weighted by Gasteiger charge is 2.25. The quantitative estimate of drug-likeness (QED) is 0.749. The number of hydrogen-bond acceptors (Lipinski definition) is 4. The fourth-order valence-corrected chi connectivity index (χ4v) is 2.42. The maximum atomic E-state index is 5.61. The molecule has 0 aliphatic carbocycles. The SMILES string of the molecule is CC1COCCC1c1csc(N)n1. The first-order valence-corrected chi connectivity index (χ1v) is 5.44. The van der Waals surface area contributed by atoms with Crippen LogP contribution >= 0.6 is 11.3 Å². The highest BCUT2D eigenvalue weighted by molar-refractivity contribution is 7.13. The van der Waals surface area contributed by atoms with Gasteiger partial charge in [-0.15, -0.1) is 11.3 Å². The third-order valence-electron chi connectivity index (χ3n) is 2.56. The minimum Gasteiger partial charge on any atom is -0.381 e. The van der Waals surface area contributed by atoms with Crippen molar-refractivity contribution < 1.29 is 4.74 Å². The second-order valence-electron chi connectivity index (χ2n) is 3.56. The van der Waals surface area contributed by atoms with Gasteiger partial charge in [0.25, 0.3) is 0 Å². The Hall–Kier alpha value is -0.610. The molecular formula is C9H14N2OS. The molecule has 13 heavy (non-hydrogen) atoms. The number of nitrogens with zero attached hydrogens (tertiary/aromatic N) is 1. The van der Waals surface area contributed by atoms with Gasteiger partial charge in [-0.25, -0.2) is 4.98 Å². The summed E-state index contributed by atoms with van der Waals surface area (Å²) in [7, 11) is 0. The van der Waals surface area contributed by atoms with Gasteiger partial charge >= 0.3 is 0 Å². The summed E-state index contributed by atoms with van der Waals surface area (Å²) < 4.78 is 5.38. The smallest absolute Gasteiger partial charge is 0.180 e. The molecular weight excluding hydrogens is 184 g/mol. The van der Waals surface area contributed by atoms with Crippen molar-refractivity contribution in [2.45, 2.75) is 19.3 Å². The normalized spacial score (nSPS) is 29.0. The van der Waals surface area contributed by atoms with Crippen LogP contribution in [0.15, 0.2) is 5.38 Å². The van der Waals surface area contributed by atoms with Crippen LogP contribution in [0.4, 0.5) is 5.13 Å². The monoisotopic (exact) mass is 198 g/mol. The Morgan fingerprint density at radius 3 is 3.15 bits per heavy atom. The highest BCUT2D eigenvalue weighted by Crippen LogP contribution is 2.32. The van der Waals surface area contributed by atoms with E-state index >= 15 is 0 Å². The van der Waals surface area contributed by atoms with Crippen molar-refractivity contribution >= 4 is 16.5 Å². The zero-order chi connectivity index (χ0) is 9.26. The average Bonchev–Trinajstić information content (AvgIpc) is 2.53. The Morgan fingerprint density at radius 1 is 1.69 bits per heavy atom. The number of aromatic nitrogens is 1. The van der Waals surface area contributed by atoms with Gasteiger partial charge in [-0.3, -0.25) is 0 Å². The van der Waals surface area contributed by atoms with Gasteiger partial charge in [-0.05, 0) is 12.3 Å². The Bertz CT molecular complexity index is 287. The van der Waals surface area contributed by atoms with Crippen LogP contribution in [0.5, 0.6) is 0 Å². The number of rotatable bonds is 1. The first kappa shape index (κ1) is 8.97.